The van der Waals surface area contributed by atoms with E-state index in [1.54, 1.807) is 0 Å². The van der Waals surface area contributed by atoms with Gasteiger partial charge in [-0.05, 0) is 52.7 Å². The van der Waals surface area contributed by atoms with E-state index in [2.05, 4.69) is 50.5 Å². The van der Waals surface area contributed by atoms with Crippen LogP contribution in [-0.2, 0) is 4.74 Å². The van der Waals surface area contributed by atoms with Gasteiger partial charge in [0.25, 0.3) is 0 Å². The van der Waals surface area contributed by atoms with Gasteiger partial charge in [-0.15, -0.1) is 0 Å². The number of hydrogen-bond donors (Lipinski definition) is 2. The van der Waals surface area contributed by atoms with Crippen molar-refractivity contribution < 1.29 is 4.74 Å². The number of nitrogens with one attached hydrogen (secondary N) is 2. The molecule has 1 aromatic carbocycles. The third kappa shape index (κ3) is 4.51. The molecule has 1 aliphatic heterocycles. The summed E-state index contributed by atoms with van der Waals surface area (Å²) in [7, 11) is 0. The Kier molecular flexibility index (Phi) is 4.16. The standard InChI is InChI=1S/C16H26N2O/c1-15(2)10-14(11-16(3,4)18-15)19-12-17-13-8-6-5-7-9-13/h5-9,14,17-18H,10-12H2,1-4H3. The molecule has 0 atom stereocenters. The molecule has 1 heterocycles. The van der Waals surface area contributed by atoms with Crippen LogP contribution in [0.4, 0.5) is 5.69 Å². The maximum absolute atomic E-state index is 6.01. The number of hydrogen-bond acceptors (Lipinski definition) is 3. The highest BCUT2D eigenvalue weighted by Gasteiger charge is 2.37. The predicted molar refractivity (Wildman–Crippen MR) is 80.3 cm³/mol. The average Bonchev–Trinajstić information content (AvgIpc) is 2.26. The molecule has 0 spiro atoms. The molecule has 1 saturated heterocycles. The summed E-state index contributed by atoms with van der Waals surface area (Å²) in [6.07, 6.45) is 2.40. The molecule has 2 rings (SSSR count). The second kappa shape index (κ2) is 5.51. The molecule has 1 aromatic rings. The highest BCUT2D eigenvalue weighted by Crippen LogP contribution is 2.30. The topological polar surface area (TPSA) is 33.3 Å². The molecular formula is C16H26N2O. The van der Waals surface area contributed by atoms with Gasteiger partial charge in [0.15, 0.2) is 0 Å². The Labute approximate surface area is 116 Å². The first-order valence-corrected chi connectivity index (χ1v) is 7.06. The molecule has 2 N–H and O–H groups in total. The second-order valence-electron chi connectivity index (χ2n) is 6.78. The SMILES string of the molecule is CC1(C)CC(OCNc2ccccc2)CC(C)(C)N1. The summed E-state index contributed by atoms with van der Waals surface area (Å²) in [6, 6.07) is 10.2. The highest BCUT2D eigenvalue weighted by molar-refractivity contribution is 5.41. The summed E-state index contributed by atoms with van der Waals surface area (Å²) in [5.74, 6) is 0. The van der Waals surface area contributed by atoms with Crippen LogP contribution in [0.5, 0.6) is 0 Å². The Morgan fingerprint density at radius 2 is 1.68 bits per heavy atom. The largest absolute Gasteiger partial charge is 0.363 e. The van der Waals surface area contributed by atoms with Crippen LogP contribution in [0.1, 0.15) is 40.5 Å². The van der Waals surface area contributed by atoms with Crippen LogP contribution in [-0.4, -0.2) is 23.9 Å². The molecule has 3 nitrogen and oxygen atoms in total. The Morgan fingerprint density at radius 1 is 1.11 bits per heavy atom. The van der Waals surface area contributed by atoms with E-state index in [1.807, 2.05) is 18.2 Å². The summed E-state index contributed by atoms with van der Waals surface area (Å²) in [5.41, 5.74) is 1.38. The van der Waals surface area contributed by atoms with Crippen LogP contribution in [0, 0.1) is 0 Å². The lowest BCUT2D eigenvalue weighted by atomic mass is 9.81. The molecule has 19 heavy (non-hydrogen) atoms. The number of benzene rings is 1. The van der Waals surface area contributed by atoms with Crippen LogP contribution in [0.25, 0.3) is 0 Å². The molecule has 0 unspecified atom stereocenters. The van der Waals surface area contributed by atoms with Crippen molar-refractivity contribution in [3.8, 4) is 0 Å². The Bertz CT molecular complexity index is 384. The van der Waals surface area contributed by atoms with E-state index in [0.29, 0.717) is 12.8 Å². The van der Waals surface area contributed by atoms with Crippen LogP contribution in [0.3, 0.4) is 0 Å². The van der Waals surface area contributed by atoms with Crippen molar-refractivity contribution in [3.05, 3.63) is 30.3 Å². The number of ether oxygens (including phenoxy) is 1. The summed E-state index contributed by atoms with van der Waals surface area (Å²) >= 11 is 0. The minimum absolute atomic E-state index is 0.138. The van der Waals surface area contributed by atoms with Gasteiger partial charge in [-0.25, -0.2) is 0 Å². The summed E-state index contributed by atoms with van der Waals surface area (Å²) < 4.78 is 6.01. The van der Waals surface area contributed by atoms with Crippen molar-refractivity contribution in [2.75, 3.05) is 12.0 Å². The monoisotopic (exact) mass is 262 g/mol. The third-order valence-corrected chi connectivity index (χ3v) is 3.52. The molecule has 0 amide bonds. The average molecular weight is 262 g/mol. The van der Waals surface area contributed by atoms with Gasteiger partial charge in [-0.3, -0.25) is 0 Å². The smallest absolute Gasteiger partial charge is 0.116 e. The van der Waals surface area contributed by atoms with E-state index in [0.717, 1.165) is 18.5 Å². The summed E-state index contributed by atoms with van der Waals surface area (Å²) in [6.45, 7) is 9.55. The molecular weight excluding hydrogens is 236 g/mol. The van der Waals surface area contributed by atoms with Gasteiger partial charge in [0, 0.05) is 16.8 Å². The molecule has 3 heteroatoms. The van der Waals surface area contributed by atoms with Crippen molar-refractivity contribution in [2.45, 2.75) is 57.7 Å². The van der Waals surface area contributed by atoms with E-state index >= 15 is 0 Å². The molecule has 1 fully saturated rings. The van der Waals surface area contributed by atoms with E-state index in [4.69, 9.17) is 4.74 Å². The van der Waals surface area contributed by atoms with Crippen LogP contribution < -0.4 is 10.6 Å². The van der Waals surface area contributed by atoms with Crippen LogP contribution in [0.15, 0.2) is 30.3 Å². The zero-order valence-electron chi connectivity index (χ0n) is 12.5. The molecule has 0 saturated carbocycles. The lowest BCUT2D eigenvalue weighted by molar-refractivity contribution is -0.0140. The Balaban J connectivity index is 1.82. The third-order valence-electron chi connectivity index (χ3n) is 3.52. The zero-order chi connectivity index (χ0) is 13.9. The number of rotatable bonds is 4. The quantitative estimate of drug-likeness (QED) is 0.816. The fourth-order valence-corrected chi connectivity index (χ4v) is 3.15. The first kappa shape index (κ1) is 14.4. The Hall–Kier alpha value is -1.06. The fourth-order valence-electron chi connectivity index (χ4n) is 3.15. The number of anilines is 1. The van der Waals surface area contributed by atoms with Crippen molar-refractivity contribution in [2.24, 2.45) is 0 Å². The van der Waals surface area contributed by atoms with Gasteiger partial charge >= 0.3 is 0 Å². The van der Waals surface area contributed by atoms with Crippen LogP contribution >= 0.6 is 0 Å². The zero-order valence-corrected chi connectivity index (χ0v) is 12.5. The number of piperidine rings is 1. The fraction of sp³-hybridized carbons (Fsp3) is 0.625. The maximum atomic E-state index is 6.01. The lowest BCUT2D eigenvalue weighted by Gasteiger charge is -2.46. The minimum Gasteiger partial charge on any atom is -0.363 e. The minimum atomic E-state index is 0.138. The summed E-state index contributed by atoms with van der Waals surface area (Å²) in [4.78, 5) is 0. The number of para-hydroxylation sites is 1. The van der Waals surface area contributed by atoms with Crippen LogP contribution in [0.2, 0.25) is 0 Å². The summed E-state index contributed by atoms with van der Waals surface area (Å²) in [5, 5.41) is 6.97. The van der Waals surface area contributed by atoms with Gasteiger partial charge in [0.05, 0.1) is 6.10 Å². The second-order valence-corrected chi connectivity index (χ2v) is 6.78. The van der Waals surface area contributed by atoms with Gasteiger partial charge in [0.1, 0.15) is 6.73 Å². The molecule has 0 radical (unpaired) electrons. The first-order valence-electron chi connectivity index (χ1n) is 7.06. The molecule has 0 aromatic heterocycles. The molecule has 0 bridgehead atoms. The van der Waals surface area contributed by atoms with E-state index in [-0.39, 0.29) is 11.1 Å². The maximum Gasteiger partial charge on any atom is 0.116 e. The molecule has 1 aliphatic rings. The van der Waals surface area contributed by atoms with E-state index in [9.17, 15) is 0 Å². The Morgan fingerprint density at radius 3 is 2.26 bits per heavy atom. The van der Waals surface area contributed by atoms with E-state index in [1.165, 1.54) is 0 Å². The normalized spacial score (nSPS) is 22.1. The van der Waals surface area contributed by atoms with Gasteiger partial charge in [0.2, 0.25) is 0 Å². The van der Waals surface area contributed by atoms with Crippen molar-refractivity contribution in [1.29, 1.82) is 0 Å². The van der Waals surface area contributed by atoms with Gasteiger partial charge in [-0.1, -0.05) is 18.2 Å². The lowest BCUT2D eigenvalue weighted by Crippen LogP contribution is -2.59. The van der Waals surface area contributed by atoms with Crippen molar-refractivity contribution >= 4 is 5.69 Å². The van der Waals surface area contributed by atoms with Gasteiger partial charge in [-0.2, -0.15) is 0 Å². The van der Waals surface area contributed by atoms with Crippen molar-refractivity contribution in [3.63, 3.8) is 0 Å². The highest BCUT2D eigenvalue weighted by atomic mass is 16.5. The molecule has 0 aliphatic carbocycles. The first-order chi connectivity index (χ1) is 8.86. The van der Waals surface area contributed by atoms with Crippen molar-refractivity contribution in [1.82, 2.24) is 5.32 Å². The van der Waals surface area contributed by atoms with E-state index < -0.39 is 0 Å². The van der Waals surface area contributed by atoms with Gasteiger partial charge < -0.3 is 15.4 Å². The predicted octanol–water partition coefficient (Wildman–Crippen LogP) is 3.38. The molecule has 106 valence electrons.